The minimum absolute atomic E-state index is 0.000401. The number of rotatable bonds is 11. The van der Waals surface area contributed by atoms with Crippen LogP contribution in [0.3, 0.4) is 0 Å². The second-order valence-electron chi connectivity index (χ2n) is 7.88. The van der Waals surface area contributed by atoms with Crippen molar-refractivity contribution in [3.05, 3.63) is 48.0 Å². The zero-order valence-corrected chi connectivity index (χ0v) is 20.9. The lowest BCUT2D eigenvalue weighted by molar-refractivity contribution is -0.137. The van der Waals surface area contributed by atoms with Gasteiger partial charge in [-0.2, -0.15) is 0 Å². The topological polar surface area (TPSA) is 111 Å². The van der Waals surface area contributed by atoms with Crippen LogP contribution in [0, 0.1) is 5.92 Å². The van der Waals surface area contributed by atoms with E-state index in [9.17, 15) is 9.59 Å². The van der Waals surface area contributed by atoms with Crippen molar-refractivity contribution < 1.29 is 42.7 Å². The molecule has 0 radical (unpaired) electrons. The first-order valence-electron chi connectivity index (χ1n) is 11.3. The van der Waals surface area contributed by atoms with E-state index in [2.05, 4.69) is 11.9 Å². The number of hydrogen-bond donors (Lipinski definition) is 1. The van der Waals surface area contributed by atoms with Crippen LogP contribution in [0.5, 0.6) is 34.5 Å². The number of benzene rings is 2. The molecule has 2 aromatic rings. The minimum Gasteiger partial charge on any atom is -0.493 e. The van der Waals surface area contributed by atoms with Gasteiger partial charge >= 0.3 is 12.1 Å². The molecular weight excluding hydrogens is 470 g/mol. The van der Waals surface area contributed by atoms with E-state index in [-0.39, 0.29) is 24.8 Å². The first kappa shape index (κ1) is 26.5. The highest BCUT2D eigenvalue weighted by Gasteiger charge is 2.28. The summed E-state index contributed by atoms with van der Waals surface area (Å²) in [5.41, 5.74) is 1.85. The number of methoxy groups -OCH3 is 4. The number of amides is 1. The molecule has 0 aliphatic carbocycles. The van der Waals surface area contributed by atoms with Gasteiger partial charge in [0.1, 0.15) is 12.4 Å². The zero-order valence-electron chi connectivity index (χ0n) is 20.9. The SMILES string of the molecule is C=CC(=O)OCCNC(=O)Oc1cc(CC2COc3cc(OC)c(OC)c(OC)c3C2)ccc1OC. The Kier molecular flexibility index (Phi) is 9.26. The lowest BCUT2D eigenvalue weighted by Gasteiger charge is -2.28. The van der Waals surface area contributed by atoms with E-state index in [4.69, 9.17) is 33.2 Å². The molecule has 194 valence electrons. The standard InChI is InChI=1S/C26H31NO9/c1-6-23(28)34-10-9-27-26(29)36-21-13-16(7-8-19(21)30-2)11-17-12-18-20(35-15-17)14-22(31-3)25(33-5)24(18)32-4/h6-8,13-14,17H,1,9-12,15H2,2-5H3,(H,27,29). The molecule has 1 atom stereocenters. The quantitative estimate of drug-likeness (QED) is 0.282. The number of esters is 1. The summed E-state index contributed by atoms with van der Waals surface area (Å²) in [6.07, 6.45) is 1.72. The molecule has 0 saturated carbocycles. The van der Waals surface area contributed by atoms with Gasteiger partial charge in [-0.05, 0) is 30.5 Å². The van der Waals surface area contributed by atoms with Crippen molar-refractivity contribution in [3.63, 3.8) is 0 Å². The summed E-state index contributed by atoms with van der Waals surface area (Å²) in [5, 5.41) is 2.52. The fraction of sp³-hybridized carbons (Fsp3) is 0.385. The van der Waals surface area contributed by atoms with Crippen molar-refractivity contribution in [1.29, 1.82) is 0 Å². The molecule has 1 aliphatic rings. The average molecular weight is 502 g/mol. The normalized spacial score (nSPS) is 13.9. The maximum atomic E-state index is 12.2. The zero-order chi connectivity index (χ0) is 26.1. The molecule has 1 heterocycles. The Labute approximate surface area is 210 Å². The molecule has 1 aliphatic heterocycles. The summed E-state index contributed by atoms with van der Waals surface area (Å²) in [5.74, 6) is 2.62. The first-order chi connectivity index (χ1) is 17.4. The highest BCUT2D eigenvalue weighted by atomic mass is 16.6. The summed E-state index contributed by atoms with van der Waals surface area (Å²) in [6, 6.07) is 7.23. The Bertz CT molecular complexity index is 1100. The maximum absolute atomic E-state index is 12.2. The van der Waals surface area contributed by atoms with Crippen molar-refractivity contribution in [2.75, 3.05) is 48.2 Å². The van der Waals surface area contributed by atoms with Crippen LogP contribution in [0.4, 0.5) is 4.79 Å². The highest BCUT2D eigenvalue weighted by molar-refractivity contribution is 5.81. The van der Waals surface area contributed by atoms with E-state index in [1.807, 2.05) is 12.1 Å². The third-order valence-electron chi connectivity index (χ3n) is 5.60. The summed E-state index contributed by atoms with van der Waals surface area (Å²) in [4.78, 5) is 23.3. The van der Waals surface area contributed by atoms with Crippen LogP contribution < -0.4 is 33.7 Å². The van der Waals surface area contributed by atoms with Crippen molar-refractivity contribution in [1.82, 2.24) is 5.32 Å². The van der Waals surface area contributed by atoms with Crippen LogP contribution in [0.25, 0.3) is 0 Å². The van der Waals surface area contributed by atoms with Crippen molar-refractivity contribution in [3.8, 4) is 34.5 Å². The molecule has 0 saturated heterocycles. The van der Waals surface area contributed by atoms with Gasteiger partial charge < -0.3 is 38.5 Å². The van der Waals surface area contributed by atoms with Crippen LogP contribution in [-0.4, -0.2) is 60.3 Å². The van der Waals surface area contributed by atoms with Gasteiger partial charge in [0.25, 0.3) is 0 Å². The Morgan fingerprint density at radius 1 is 1.03 bits per heavy atom. The van der Waals surface area contributed by atoms with Gasteiger partial charge in [0.2, 0.25) is 5.75 Å². The van der Waals surface area contributed by atoms with Gasteiger partial charge in [-0.1, -0.05) is 12.6 Å². The third kappa shape index (κ3) is 6.32. The van der Waals surface area contributed by atoms with E-state index >= 15 is 0 Å². The maximum Gasteiger partial charge on any atom is 0.412 e. The Morgan fingerprint density at radius 2 is 1.78 bits per heavy atom. The van der Waals surface area contributed by atoms with Crippen LogP contribution in [-0.2, 0) is 22.4 Å². The number of nitrogens with one attached hydrogen (secondary N) is 1. The Balaban J connectivity index is 1.69. The molecule has 10 nitrogen and oxygen atoms in total. The molecule has 0 spiro atoms. The fourth-order valence-electron chi connectivity index (χ4n) is 3.96. The van der Waals surface area contributed by atoms with Crippen molar-refractivity contribution in [2.45, 2.75) is 12.8 Å². The Hall–Kier alpha value is -4.08. The number of fused-ring (bicyclic) bond motifs is 1. The molecular formula is C26H31NO9. The van der Waals surface area contributed by atoms with E-state index in [1.54, 1.807) is 33.5 Å². The van der Waals surface area contributed by atoms with Gasteiger partial charge in [-0.15, -0.1) is 0 Å². The number of ether oxygens (including phenoxy) is 7. The monoisotopic (exact) mass is 501 g/mol. The molecule has 3 rings (SSSR count). The minimum atomic E-state index is -0.694. The lowest BCUT2D eigenvalue weighted by atomic mass is 9.90. The number of carbonyl (C=O) groups excluding carboxylic acids is 2. The second kappa shape index (κ2) is 12.6. The van der Waals surface area contributed by atoms with Crippen LogP contribution in [0.1, 0.15) is 11.1 Å². The largest absolute Gasteiger partial charge is 0.493 e. The van der Waals surface area contributed by atoms with Crippen LogP contribution >= 0.6 is 0 Å². The molecule has 0 fully saturated rings. The van der Waals surface area contributed by atoms with Gasteiger partial charge in [0, 0.05) is 23.6 Å². The van der Waals surface area contributed by atoms with Gasteiger partial charge in [-0.25, -0.2) is 9.59 Å². The summed E-state index contributed by atoms with van der Waals surface area (Å²) >= 11 is 0. The number of hydrogen-bond acceptors (Lipinski definition) is 9. The van der Waals surface area contributed by atoms with Crippen molar-refractivity contribution >= 4 is 12.1 Å². The van der Waals surface area contributed by atoms with Crippen LogP contribution in [0.2, 0.25) is 0 Å². The second-order valence-corrected chi connectivity index (χ2v) is 7.88. The summed E-state index contributed by atoms with van der Waals surface area (Å²) in [7, 11) is 6.21. The molecule has 0 bridgehead atoms. The predicted molar refractivity (Wildman–Crippen MR) is 131 cm³/mol. The molecule has 1 unspecified atom stereocenters. The molecule has 1 N–H and O–H groups in total. The smallest absolute Gasteiger partial charge is 0.412 e. The molecule has 1 amide bonds. The molecule has 2 aromatic carbocycles. The van der Waals surface area contributed by atoms with E-state index in [1.165, 1.54) is 7.11 Å². The van der Waals surface area contributed by atoms with E-state index in [0.29, 0.717) is 48.2 Å². The Morgan fingerprint density at radius 3 is 2.44 bits per heavy atom. The van der Waals surface area contributed by atoms with E-state index < -0.39 is 12.1 Å². The van der Waals surface area contributed by atoms with Crippen molar-refractivity contribution in [2.24, 2.45) is 5.92 Å². The van der Waals surface area contributed by atoms with Crippen LogP contribution in [0.15, 0.2) is 36.9 Å². The van der Waals surface area contributed by atoms with E-state index in [0.717, 1.165) is 17.2 Å². The molecule has 10 heteroatoms. The molecule has 36 heavy (non-hydrogen) atoms. The number of carbonyl (C=O) groups is 2. The summed E-state index contributed by atoms with van der Waals surface area (Å²) in [6.45, 7) is 3.90. The fourth-order valence-corrected chi connectivity index (χ4v) is 3.96. The molecule has 0 aromatic heterocycles. The average Bonchev–Trinajstić information content (AvgIpc) is 2.89. The predicted octanol–water partition coefficient (Wildman–Crippen LogP) is 3.33. The van der Waals surface area contributed by atoms with Gasteiger partial charge in [-0.3, -0.25) is 0 Å². The summed E-state index contributed by atoms with van der Waals surface area (Å²) < 4.78 is 38.2. The van der Waals surface area contributed by atoms with Gasteiger partial charge in [0.15, 0.2) is 23.0 Å². The van der Waals surface area contributed by atoms with Gasteiger partial charge in [0.05, 0.1) is 41.6 Å². The lowest BCUT2D eigenvalue weighted by Crippen LogP contribution is -2.30. The third-order valence-corrected chi connectivity index (χ3v) is 5.60. The highest BCUT2D eigenvalue weighted by Crippen LogP contribution is 2.47. The first-order valence-corrected chi connectivity index (χ1v) is 11.3.